The molecule has 0 spiro atoms. The van der Waals surface area contributed by atoms with E-state index in [-0.39, 0.29) is 17.7 Å². The molecule has 0 aromatic rings. The number of carboxylic acids is 1. The lowest BCUT2D eigenvalue weighted by atomic mass is 9.97. The van der Waals surface area contributed by atoms with Gasteiger partial charge in [0, 0.05) is 19.5 Å². The summed E-state index contributed by atoms with van der Waals surface area (Å²) in [5.74, 6) is -1.36. The van der Waals surface area contributed by atoms with Gasteiger partial charge in [0.15, 0.2) is 0 Å². The minimum atomic E-state index is -0.935. The molecule has 6 heteroatoms. The molecule has 0 aromatic carbocycles. The maximum atomic E-state index is 12.1. The van der Waals surface area contributed by atoms with Crippen LogP contribution < -0.4 is 5.32 Å². The van der Waals surface area contributed by atoms with Crippen LogP contribution in [0, 0.1) is 5.92 Å². The molecule has 2 saturated heterocycles. The van der Waals surface area contributed by atoms with Crippen LogP contribution in [0.4, 0.5) is 0 Å². The van der Waals surface area contributed by atoms with Gasteiger partial charge in [0.25, 0.3) is 0 Å². The lowest BCUT2D eigenvalue weighted by Crippen LogP contribution is -2.48. The van der Waals surface area contributed by atoms with Crippen molar-refractivity contribution in [3.05, 3.63) is 0 Å². The minimum absolute atomic E-state index is 0.0368. The monoisotopic (exact) mass is 240 g/mol. The summed E-state index contributed by atoms with van der Waals surface area (Å²) in [5.41, 5.74) is 0. The summed E-state index contributed by atoms with van der Waals surface area (Å²) in [6.45, 7) is 0.848. The van der Waals surface area contributed by atoms with Crippen molar-refractivity contribution in [2.45, 2.75) is 31.7 Å². The first-order chi connectivity index (χ1) is 8.09. The number of rotatable bonds is 2. The molecule has 2 heterocycles. The van der Waals surface area contributed by atoms with Crippen LogP contribution in [0.25, 0.3) is 0 Å². The van der Waals surface area contributed by atoms with Crippen molar-refractivity contribution in [2.75, 3.05) is 13.1 Å². The van der Waals surface area contributed by atoms with Gasteiger partial charge >= 0.3 is 5.97 Å². The standard InChI is InChI=1S/C11H16N2O4/c14-9-4-3-7(6-12-9)10(15)13-5-1-2-8(13)11(16)17/h7-8H,1-6H2,(H,12,14)(H,16,17). The van der Waals surface area contributed by atoms with Crippen molar-refractivity contribution in [3.8, 4) is 0 Å². The molecule has 0 bridgehead atoms. The van der Waals surface area contributed by atoms with E-state index >= 15 is 0 Å². The summed E-state index contributed by atoms with van der Waals surface area (Å²) < 4.78 is 0. The Morgan fingerprint density at radius 2 is 2.12 bits per heavy atom. The number of amides is 2. The predicted octanol–water partition coefficient (Wildman–Crippen LogP) is -0.412. The summed E-state index contributed by atoms with van der Waals surface area (Å²) in [4.78, 5) is 35.6. The molecule has 2 aliphatic rings. The van der Waals surface area contributed by atoms with Gasteiger partial charge in [0.1, 0.15) is 6.04 Å². The number of hydrogen-bond acceptors (Lipinski definition) is 3. The summed E-state index contributed by atoms with van der Waals surface area (Å²) in [5, 5.41) is 11.7. The summed E-state index contributed by atoms with van der Waals surface area (Å²) in [6, 6.07) is -0.680. The van der Waals surface area contributed by atoms with Crippen LogP contribution in [0.3, 0.4) is 0 Å². The van der Waals surface area contributed by atoms with Crippen molar-refractivity contribution < 1.29 is 19.5 Å². The number of hydrogen-bond donors (Lipinski definition) is 2. The van der Waals surface area contributed by atoms with Gasteiger partial charge in [-0.2, -0.15) is 0 Å². The van der Waals surface area contributed by atoms with Crippen LogP contribution in [0.15, 0.2) is 0 Å². The Bertz CT molecular complexity index is 345. The zero-order valence-corrected chi connectivity index (χ0v) is 9.52. The summed E-state index contributed by atoms with van der Waals surface area (Å²) >= 11 is 0. The molecule has 2 aliphatic heterocycles. The largest absolute Gasteiger partial charge is 0.480 e. The second-order valence-electron chi connectivity index (χ2n) is 4.57. The molecule has 2 unspecified atom stereocenters. The fourth-order valence-corrected chi connectivity index (χ4v) is 2.47. The maximum absolute atomic E-state index is 12.1. The molecule has 17 heavy (non-hydrogen) atoms. The average molecular weight is 240 g/mol. The van der Waals surface area contributed by atoms with Gasteiger partial charge in [-0.05, 0) is 19.3 Å². The van der Waals surface area contributed by atoms with E-state index in [4.69, 9.17) is 5.11 Å². The van der Waals surface area contributed by atoms with E-state index < -0.39 is 12.0 Å². The normalized spacial score (nSPS) is 28.9. The Kier molecular flexibility index (Phi) is 3.31. The molecule has 0 saturated carbocycles. The molecule has 94 valence electrons. The summed E-state index contributed by atoms with van der Waals surface area (Å²) in [7, 11) is 0. The smallest absolute Gasteiger partial charge is 0.326 e. The Hall–Kier alpha value is -1.59. The highest BCUT2D eigenvalue weighted by Crippen LogP contribution is 2.22. The van der Waals surface area contributed by atoms with E-state index in [1.54, 1.807) is 0 Å². The van der Waals surface area contributed by atoms with Crippen molar-refractivity contribution in [1.29, 1.82) is 0 Å². The molecule has 0 aromatic heterocycles. The third-order valence-corrected chi connectivity index (χ3v) is 3.44. The highest BCUT2D eigenvalue weighted by Gasteiger charge is 2.37. The van der Waals surface area contributed by atoms with Gasteiger partial charge in [-0.15, -0.1) is 0 Å². The Labute approximate surface area is 99.0 Å². The first kappa shape index (κ1) is 11.9. The number of aliphatic carboxylic acids is 1. The molecule has 2 rings (SSSR count). The van der Waals surface area contributed by atoms with E-state index in [1.807, 2.05) is 0 Å². The molecule has 2 fully saturated rings. The Morgan fingerprint density at radius 3 is 2.71 bits per heavy atom. The van der Waals surface area contributed by atoms with Gasteiger partial charge < -0.3 is 15.3 Å². The molecule has 0 aliphatic carbocycles. The van der Waals surface area contributed by atoms with Gasteiger partial charge in [-0.3, -0.25) is 9.59 Å². The minimum Gasteiger partial charge on any atom is -0.480 e. The van der Waals surface area contributed by atoms with Crippen molar-refractivity contribution >= 4 is 17.8 Å². The van der Waals surface area contributed by atoms with Crippen molar-refractivity contribution in [3.63, 3.8) is 0 Å². The predicted molar refractivity (Wildman–Crippen MR) is 58.1 cm³/mol. The highest BCUT2D eigenvalue weighted by molar-refractivity contribution is 5.87. The van der Waals surface area contributed by atoms with Gasteiger partial charge in [0.2, 0.25) is 11.8 Å². The van der Waals surface area contributed by atoms with E-state index in [0.29, 0.717) is 32.4 Å². The van der Waals surface area contributed by atoms with Crippen LogP contribution in [0.1, 0.15) is 25.7 Å². The van der Waals surface area contributed by atoms with Crippen molar-refractivity contribution in [1.82, 2.24) is 10.2 Å². The quantitative estimate of drug-likeness (QED) is 0.687. The fourth-order valence-electron chi connectivity index (χ4n) is 2.47. The summed E-state index contributed by atoms with van der Waals surface area (Å²) in [6.07, 6.45) is 2.14. The number of carbonyl (C=O) groups excluding carboxylic acids is 2. The molecular formula is C11H16N2O4. The van der Waals surface area contributed by atoms with Crippen LogP contribution in [0.5, 0.6) is 0 Å². The SMILES string of the molecule is O=C1CCC(C(=O)N2CCCC2C(=O)O)CN1. The fraction of sp³-hybridized carbons (Fsp3) is 0.727. The first-order valence-electron chi connectivity index (χ1n) is 5.89. The number of nitrogens with one attached hydrogen (secondary N) is 1. The van der Waals surface area contributed by atoms with Crippen molar-refractivity contribution in [2.24, 2.45) is 5.92 Å². The highest BCUT2D eigenvalue weighted by atomic mass is 16.4. The third-order valence-electron chi connectivity index (χ3n) is 3.44. The van der Waals surface area contributed by atoms with Gasteiger partial charge in [0.05, 0.1) is 5.92 Å². The number of carbonyl (C=O) groups is 3. The third kappa shape index (κ3) is 2.40. The molecule has 2 amide bonds. The van der Waals surface area contributed by atoms with E-state index in [9.17, 15) is 14.4 Å². The molecule has 6 nitrogen and oxygen atoms in total. The molecular weight excluding hydrogens is 224 g/mol. The lowest BCUT2D eigenvalue weighted by molar-refractivity contribution is -0.150. The maximum Gasteiger partial charge on any atom is 0.326 e. The number of piperidine rings is 1. The second-order valence-corrected chi connectivity index (χ2v) is 4.57. The van der Waals surface area contributed by atoms with Gasteiger partial charge in [-0.25, -0.2) is 4.79 Å². The number of likely N-dealkylation sites (tertiary alicyclic amines) is 1. The first-order valence-corrected chi connectivity index (χ1v) is 5.89. The molecule has 2 N–H and O–H groups in total. The van der Waals surface area contributed by atoms with E-state index in [1.165, 1.54) is 4.90 Å². The van der Waals surface area contributed by atoms with Crippen LogP contribution in [-0.2, 0) is 14.4 Å². The number of nitrogens with zero attached hydrogens (tertiary/aromatic N) is 1. The van der Waals surface area contributed by atoms with E-state index in [2.05, 4.69) is 5.32 Å². The average Bonchev–Trinajstić information content (AvgIpc) is 2.78. The second kappa shape index (κ2) is 4.73. The van der Waals surface area contributed by atoms with E-state index in [0.717, 1.165) is 6.42 Å². The Balaban J connectivity index is 1.99. The van der Waals surface area contributed by atoms with Crippen LogP contribution in [-0.4, -0.2) is 46.9 Å². The zero-order chi connectivity index (χ0) is 12.4. The van der Waals surface area contributed by atoms with Gasteiger partial charge in [-0.1, -0.05) is 0 Å². The lowest BCUT2D eigenvalue weighted by Gasteiger charge is -2.28. The zero-order valence-electron chi connectivity index (χ0n) is 9.52. The molecule has 0 radical (unpaired) electrons. The van der Waals surface area contributed by atoms with Crippen LogP contribution in [0.2, 0.25) is 0 Å². The topological polar surface area (TPSA) is 86.7 Å². The number of carboxylic acid groups (broad SMARTS) is 1. The molecule has 2 atom stereocenters. The Morgan fingerprint density at radius 1 is 1.35 bits per heavy atom. The van der Waals surface area contributed by atoms with Crippen LogP contribution >= 0.6 is 0 Å².